The first-order valence-corrected chi connectivity index (χ1v) is 8.37. The number of carbonyl (C=O) groups is 2. The minimum atomic E-state index is -0.480. The van der Waals surface area contributed by atoms with Gasteiger partial charge in [0.25, 0.3) is 0 Å². The SMILES string of the molecule is CCC(C)(CC)C(=O)N1CCC(CNC(=O)OC(C)(C)C)C1. The number of nitrogens with zero attached hydrogens (tertiary/aromatic N) is 1. The molecule has 0 aromatic heterocycles. The molecule has 0 aromatic rings. The number of nitrogens with one attached hydrogen (secondary N) is 1. The highest BCUT2D eigenvalue weighted by Crippen LogP contribution is 2.30. The van der Waals surface area contributed by atoms with Gasteiger partial charge < -0.3 is 15.0 Å². The molecule has 22 heavy (non-hydrogen) atoms. The number of ether oxygens (including phenoxy) is 1. The van der Waals surface area contributed by atoms with E-state index in [0.29, 0.717) is 12.5 Å². The van der Waals surface area contributed by atoms with Crippen LogP contribution in [0, 0.1) is 11.3 Å². The Labute approximate surface area is 134 Å². The monoisotopic (exact) mass is 312 g/mol. The topological polar surface area (TPSA) is 58.6 Å². The van der Waals surface area contributed by atoms with E-state index in [9.17, 15) is 9.59 Å². The molecule has 2 amide bonds. The summed E-state index contributed by atoms with van der Waals surface area (Å²) in [5, 5.41) is 2.81. The average molecular weight is 312 g/mol. The minimum Gasteiger partial charge on any atom is -0.444 e. The van der Waals surface area contributed by atoms with E-state index in [-0.39, 0.29) is 17.4 Å². The molecule has 1 atom stereocenters. The number of rotatable bonds is 5. The van der Waals surface area contributed by atoms with E-state index in [1.54, 1.807) is 0 Å². The fourth-order valence-electron chi connectivity index (χ4n) is 2.66. The van der Waals surface area contributed by atoms with Crippen LogP contribution < -0.4 is 5.32 Å². The highest BCUT2D eigenvalue weighted by molar-refractivity contribution is 5.82. The van der Waals surface area contributed by atoms with Gasteiger partial charge in [-0.25, -0.2) is 4.79 Å². The molecular formula is C17H32N2O3. The van der Waals surface area contributed by atoms with Crippen LogP contribution in [0.1, 0.15) is 60.8 Å². The Hall–Kier alpha value is -1.26. The highest BCUT2D eigenvalue weighted by atomic mass is 16.6. The van der Waals surface area contributed by atoms with Crippen LogP contribution in [0.3, 0.4) is 0 Å². The summed E-state index contributed by atoms with van der Waals surface area (Å²) in [5.41, 5.74) is -0.737. The molecule has 5 heteroatoms. The van der Waals surface area contributed by atoms with Gasteiger partial charge in [-0.3, -0.25) is 4.79 Å². The van der Waals surface area contributed by atoms with Gasteiger partial charge in [0.2, 0.25) is 5.91 Å². The van der Waals surface area contributed by atoms with Crippen molar-refractivity contribution in [3.8, 4) is 0 Å². The number of amides is 2. The second kappa shape index (κ2) is 7.34. The molecule has 0 spiro atoms. The maximum Gasteiger partial charge on any atom is 0.407 e. The van der Waals surface area contributed by atoms with Crippen molar-refractivity contribution in [1.29, 1.82) is 0 Å². The van der Waals surface area contributed by atoms with Crippen LogP contribution in [0.4, 0.5) is 4.79 Å². The molecule has 1 N–H and O–H groups in total. The van der Waals surface area contributed by atoms with Crippen LogP contribution in [0.15, 0.2) is 0 Å². The molecule has 1 unspecified atom stereocenters. The summed E-state index contributed by atoms with van der Waals surface area (Å²) < 4.78 is 5.23. The Morgan fingerprint density at radius 3 is 2.27 bits per heavy atom. The van der Waals surface area contributed by atoms with Gasteiger partial charge in [-0.05, 0) is 46.0 Å². The van der Waals surface area contributed by atoms with Gasteiger partial charge in [0.1, 0.15) is 5.60 Å². The second-order valence-corrected chi connectivity index (χ2v) is 7.56. The van der Waals surface area contributed by atoms with E-state index in [0.717, 1.165) is 32.4 Å². The standard InChI is InChI=1S/C17H32N2O3/c1-7-17(6,8-2)14(20)19-10-9-13(12-19)11-18-15(21)22-16(3,4)5/h13H,7-12H2,1-6H3,(H,18,21). The maximum atomic E-state index is 12.6. The van der Waals surface area contributed by atoms with E-state index in [4.69, 9.17) is 4.74 Å². The molecule has 0 aliphatic carbocycles. The first-order chi connectivity index (χ1) is 10.1. The van der Waals surface area contributed by atoms with Crippen LogP contribution in [0.5, 0.6) is 0 Å². The van der Waals surface area contributed by atoms with Gasteiger partial charge in [0, 0.05) is 25.0 Å². The van der Waals surface area contributed by atoms with Crippen molar-refractivity contribution < 1.29 is 14.3 Å². The Kier molecular flexibility index (Phi) is 6.27. The normalized spacial score (nSPS) is 19.2. The first-order valence-electron chi connectivity index (χ1n) is 8.37. The molecule has 128 valence electrons. The van der Waals surface area contributed by atoms with Gasteiger partial charge in [-0.1, -0.05) is 20.8 Å². The smallest absolute Gasteiger partial charge is 0.407 e. The number of hydrogen-bond donors (Lipinski definition) is 1. The third-order valence-corrected chi connectivity index (χ3v) is 4.58. The number of likely N-dealkylation sites (tertiary alicyclic amines) is 1. The second-order valence-electron chi connectivity index (χ2n) is 7.56. The van der Waals surface area contributed by atoms with E-state index in [1.165, 1.54) is 0 Å². The molecule has 0 radical (unpaired) electrons. The van der Waals surface area contributed by atoms with Crippen molar-refractivity contribution in [3.63, 3.8) is 0 Å². The van der Waals surface area contributed by atoms with Crippen LogP contribution >= 0.6 is 0 Å². The van der Waals surface area contributed by atoms with Crippen molar-refractivity contribution in [2.75, 3.05) is 19.6 Å². The summed E-state index contributed by atoms with van der Waals surface area (Å²) in [6.07, 6.45) is 2.27. The third kappa shape index (κ3) is 5.18. The quantitative estimate of drug-likeness (QED) is 0.848. The van der Waals surface area contributed by atoms with Crippen LogP contribution in [0.25, 0.3) is 0 Å². The first kappa shape index (κ1) is 18.8. The fraction of sp³-hybridized carbons (Fsp3) is 0.882. The van der Waals surface area contributed by atoms with Crippen molar-refractivity contribution in [2.45, 2.75) is 66.4 Å². The number of carbonyl (C=O) groups excluding carboxylic acids is 2. The Bertz CT molecular complexity index is 397. The van der Waals surface area contributed by atoms with Gasteiger partial charge in [-0.2, -0.15) is 0 Å². The molecule has 1 fully saturated rings. The lowest BCUT2D eigenvalue weighted by Crippen LogP contribution is -2.41. The fourth-order valence-corrected chi connectivity index (χ4v) is 2.66. The molecule has 5 nitrogen and oxygen atoms in total. The van der Waals surface area contributed by atoms with Crippen molar-refractivity contribution in [3.05, 3.63) is 0 Å². The highest BCUT2D eigenvalue weighted by Gasteiger charge is 2.36. The Balaban J connectivity index is 2.43. The summed E-state index contributed by atoms with van der Waals surface area (Å²) >= 11 is 0. The van der Waals surface area contributed by atoms with E-state index in [2.05, 4.69) is 19.2 Å². The van der Waals surface area contributed by atoms with Crippen LogP contribution in [-0.4, -0.2) is 42.1 Å². The van der Waals surface area contributed by atoms with Crippen molar-refractivity contribution >= 4 is 12.0 Å². The van der Waals surface area contributed by atoms with E-state index < -0.39 is 5.60 Å². The largest absolute Gasteiger partial charge is 0.444 e. The zero-order valence-electron chi connectivity index (χ0n) is 15.0. The zero-order chi connectivity index (χ0) is 17.0. The number of alkyl carbamates (subject to hydrolysis) is 1. The summed E-state index contributed by atoms with van der Waals surface area (Å²) in [4.78, 5) is 26.2. The van der Waals surface area contributed by atoms with E-state index >= 15 is 0 Å². The molecule has 0 aromatic carbocycles. The maximum absolute atomic E-state index is 12.6. The van der Waals surface area contributed by atoms with Gasteiger partial charge in [0.05, 0.1) is 0 Å². The molecule has 0 saturated carbocycles. The molecule has 1 aliphatic rings. The third-order valence-electron chi connectivity index (χ3n) is 4.58. The summed E-state index contributed by atoms with van der Waals surface area (Å²) in [6.45, 7) is 13.8. The Morgan fingerprint density at radius 2 is 1.77 bits per heavy atom. The summed E-state index contributed by atoms with van der Waals surface area (Å²) in [5.74, 6) is 0.562. The lowest BCUT2D eigenvalue weighted by Gasteiger charge is -2.31. The number of hydrogen-bond acceptors (Lipinski definition) is 3. The molecule has 1 heterocycles. The van der Waals surface area contributed by atoms with E-state index in [1.807, 2.05) is 32.6 Å². The summed E-state index contributed by atoms with van der Waals surface area (Å²) in [7, 11) is 0. The van der Waals surface area contributed by atoms with Crippen molar-refractivity contribution in [1.82, 2.24) is 10.2 Å². The van der Waals surface area contributed by atoms with Gasteiger partial charge in [0.15, 0.2) is 0 Å². The zero-order valence-corrected chi connectivity index (χ0v) is 15.0. The molecule has 1 aliphatic heterocycles. The summed E-state index contributed by atoms with van der Waals surface area (Å²) in [6, 6.07) is 0. The molecule has 1 saturated heterocycles. The molecular weight excluding hydrogens is 280 g/mol. The minimum absolute atomic E-state index is 0.247. The lowest BCUT2D eigenvalue weighted by atomic mass is 9.83. The predicted octanol–water partition coefficient (Wildman–Crippen LogP) is 3.19. The average Bonchev–Trinajstić information content (AvgIpc) is 2.90. The Morgan fingerprint density at radius 1 is 1.18 bits per heavy atom. The van der Waals surface area contributed by atoms with Crippen molar-refractivity contribution in [2.24, 2.45) is 11.3 Å². The van der Waals surface area contributed by atoms with Gasteiger partial charge >= 0.3 is 6.09 Å². The molecule has 1 rings (SSSR count). The predicted molar refractivity (Wildman–Crippen MR) is 87.6 cm³/mol. The molecule has 0 bridgehead atoms. The van der Waals surface area contributed by atoms with Crippen LogP contribution in [0.2, 0.25) is 0 Å². The van der Waals surface area contributed by atoms with Gasteiger partial charge in [-0.15, -0.1) is 0 Å². The van der Waals surface area contributed by atoms with Crippen LogP contribution in [-0.2, 0) is 9.53 Å². The lowest BCUT2D eigenvalue weighted by molar-refractivity contribution is -0.140.